The molecule has 1 aliphatic rings. The molecule has 0 aromatic heterocycles. The van der Waals surface area contributed by atoms with Crippen molar-refractivity contribution in [3.8, 4) is 5.75 Å². The Hall–Kier alpha value is -1.55. The number of hydrogen-bond donors (Lipinski definition) is 2. The molecule has 1 aliphatic carbocycles. The van der Waals surface area contributed by atoms with E-state index >= 15 is 0 Å². The number of nitrogens with one attached hydrogen (secondary N) is 2. The molecule has 0 aliphatic heterocycles. The van der Waals surface area contributed by atoms with E-state index in [1.807, 2.05) is 18.2 Å². The summed E-state index contributed by atoms with van der Waals surface area (Å²) in [4.78, 5) is 11.7. The molecule has 0 heterocycles. The lowest BCUT2D eigenvalue weighted by Gasteiger charge is -2.10. The normalized spacial score (nSPS) is 14.2. The lowest BCUT2D eigenvalue weighted by atomic mass is 10.1. The van der Waals surface area contributed by atoms with Gasteiger partial charge in [-0.05, 0) is 42.9 Å². The Kier molecular flexibility index (Phi) is 6.05. The van der Waals surface area contributed by atoms with E-state index in [4.69, 9.17) is 4.74 Å². The van der Waals surface area contributed by atoms with Crippen molar-refractivity contribution >= 4 is 5.91 Å². The highest BCUT2D eigenvalue weighted by molar-refractivity contribution is 5.77. The van der Waals surface area contributed by atoms with Gasteiger partial charge < -0.3 is 15.4 Å². The predicted molar refractivity (Wildman–Crippen MR) is 84.3 cm³/mol. The molecular formula is C17H26N2O2. The summed E-state index contributed by atoms with van der Waals surface area (Å²) in [6, 6.07) is 8.63. The highest BCUT2D eigenvalue weighted by Gasteiger charge is 2.19. The summed E-state index contributed by atoms with van der Waals surface area (Å²) < 4.78 is 5.55. The molecule has 21 heavy (non-hydrogen) atoms. The van der Waals surface area contributed by atoms with E-state index in [9.17, 15) is 4.79 Å². The second-order valence-electron chi connectivity index (χ2n) is 6.12. The molecule has 4 nitrogen and oxygen atoms in total. The van der Waals surface area contributed by atoms with Gasteiger partial charge in [-0.2, -0.15) is 0 Å². The number of amides is 1. The van der Waals surface area contributed by atoms with Crippen LogP contribution in [0.25, 0.3) is 0 Å². The van der Waals surface area contributed by atoms with E-state index in [0.717, 1.165) is 18.7 Å². The van der Waals surface area contributed by atoms with Crippen LogP contribution in [0, 0.1) is 5.92 Å². The maximum atomic E-state index is 11.7. The maximum Gasteiger partial charge on any atom is 0.257 e. The largest absolute Gasteiger partial charge is 0.484 e. The smallest absolute Gasteiger partial charge is 0.257 e. The van der Waals surface area contributed by atoms with Crippen molar-refractivity contribution in [1.82, 2.24) is 10.6 Å². The van der Waals surface area contributed by atoms with Crippen LogP contribution < -0.4 is 15.4 Å². The van der Waals surface area contributed by atoms with Crippen molar-refractivity contribution in [2.75, 3.05) is 13.2 Å². The first-order valence-corrected chi connectivity index (χ1v) is 7.85. The number of benzene rings is 1. The first-order chi connectivity index (χ1) is 10.1. The topological polar surface area (TPSA) is 50.4 Å². The van der Waals surface area contributed by atoms with Crippen LogP contribution in [0.2, 0.25) is 0 Å². The summed E-state index contributed by atoms with van der Waals surface area (Å²) in [7, 11) is 0. The standard InChI is InChI=1S/C17H26N2O2/c1-13(2)8-9-18-17(20)12-21-16-5-3-4-14(10-16)11-19-15-6-7-15/h3-5,10,13,15,19H,6-9,11-12H2,1-2H3,(H,18,20). The Morgan fingerprint density at radius 3 is 2.90 bits per heavy atom. The zero-order chi connectivity index (χ0) is 15.1. The molecular weight excluding hydrogens is 264 g/mol. The summed E-state index contributed by atoms with van der Waals surface area (Å²) in [5.74, 6) is 1.29. The van der Waals surface area contributed by atoms with Crippen LogP contribution in [-0.2, 0) is 11.3 Å². The van der Waals surface area contributed by atoms with E-state index in [1.165, 1.54) is 18.4 Å². The predicted octanol–water partition coefficient (Wildman–Crippen LogP) is 2.48. The van der Waals surface area contributed by atoms with Crippen LogP contribution in [0.4, 0.5) is 0 Å². The van der Waals surface area contributed by atoms with Gasteiger partial charge in [-0.1, -0.05) is 26.0 Å². The van der Waals surface area contributed by atoms with E-state index in [2.05, 4.69) is 30.5 Å². The Balaban J connectivity index is 1.69. The number of carbonyl (C=O) groups excluding carboxylic acids is 1. The summed E-state index contributed by atoms with van der Waals surface area (Å²) in [5, 5.41) is 6.34. The third-order valence-corrected chi connectivity index (χ3v) is 3.48. The van der Waals surface area contributed by atoms with Gasteiger partial charge in [-0.25, -0.2) is 0 Å². The van der Waals surface area contributed by atoms with Crippen LogP contribution in [0.1, 0.15) is 38.7 Å². The number of hydrogen-bond acceptors (Lipinski definition) is 3. The van der Waals surface area contributed by atoms with Crippen LogP contribution in [0.3, 0.4) is 0 Å². The summed E-state index contributed by atoms with van der Waals surface area (Å²) in [6.07, 6.45) is 3.56. The lowest BCUT2D eigenvalue weighted by molar-refractivity contribution is -0.123. The van der Waals surface area contributed by atoms with Gasteiger partial charge in [0.05, 0.1) is 0 Å². The van der Waals surface area contributed by atoms with Crippen molar-refractivity contribution in [1.29, 1.82) is 0 Å². The molecule has 0 radical (unpaired) electrons. The Bertz CT molecular complexity index is 456. The second-order valence-corrected chi connectivity index (χ2v) is 6.12. The zero-order valence-electron chi connectivity index (χ0n) is 13.0. The van der Waals surface area contributed by atoms with Crippen molar-refractivity contribution in [3.05, 3.63) is 29.8 Å². The molecule has 0 atom stereocenters. The molecule has 0 unspecified atom stereocenters. The van der Waals surface area contributed by atoms with Crippen molar-refractivity contribution in [2.45, 2.75) is 45.7 Å². The zero-order valence-corrected chi connectivity index (χ0v) is 13.0. The molecule has 1 aromatic rings. The third-order valence-electron chi connectivity index (χ3n) is 3.48. The molecule has 1 amide bonds. The molecule has 0 spiro atoms. The Labute approximate surface area is 127 Å². The monoisotopic (exact) mass is 290 g/mol. The second kappa shape index (κ2) is 8.03. The molecule has 1 saturated carbocycles. The van der Waals surface area contributed by atoms with E-state index in [0.29, 0.717) is 18.5 Å². The molecule has 4 heteroatoms. The summed E-state index contributed by atoms with van der Waals surface area (Å²) >= 11 is 0. The SMILES string of the molecule is CC(C)CCNC(=O)COc1cccc(CNC2CC2)c1. The van der Waals surface area contributed by atoms with Gasteiger partial charge in [-0.15, -0.1) is 0 Å². The van der Waals surface area contributed by atoms with Gasteiger partial charge in [0.25, 0.3) is 5.91 Å². The fourth-order valence-electron chi connectivity index (χ4n) is 2.00. The van der Waals surface area contributed by atoms with Gasteiger partial charge in [0.2, 0.25) is 0 Å². The maximum absolute atomic E-state index is 11.7. The summed E-state index contributed by atoms with van der Waals surface area (Å²) in [6.45, 7) is 5.94. The fraction of sp³-hybridized carbons (Fsp3) is 0.588. The third kappa shape index (κ3) is 6.63. The highest BCUT2D eigenvalue weighted by Crippen LogP contribution is 2.20. The van der Waals surface area contributed by atoms with E-state index in [1.54, 1.807) is 0 Å². The molecule has 2 rings (SSSR count). The molecule has 1 aromatic carbocycles. The molecule has 116 valence electrons. The quantitative estimate of drug-likeness (QED) is 0.734. The minimum atomic E-state index is -0.0582. The average Bonchev–Trinajstić information content (AvgIpc) is 3.27. The molecule has 2 N–H and O–H groups in total. The van der Waals surface area contributed by atoms with Crippen LogP contribution in [-0.4, -0.2) is 25.1 Å². The Morgan fingerprint density at radius 1 is 1.38 bits per heavy atom. The van der Waals surface area contributed by atoms with Crippen LogP contribution >= 0.6 is 0 Å². The van der Waals surface area contributed by atoms with Gasteiger partial charge in [0.15, 0.2) is 6.61 Å². The minimum absolute atomic E-state index is 0.0582. The van der Waals surface area contributed by atoms with Crippen molar-refractivity contribution < 1.29 is 9.53 Å². The highest BCUT2D eigenvalue weighted by atomic mass is 16.5. The average molecular weight is 290 g/mol. The first kappa shape index (κ1) is 15.8. The first-order valence-electron chi connectivity index (χ1n) is 7.85. The van der Waals surface area contributed by atoms with Crippen molar-refractivity contribution in [3.63, 3.8) is 0 Å². The number of carbonyl (C=O) groups is 1. The van der Waals surface area contributed by atoms with Gasteiger partial charge in [0.1, 0.15) is 5.75 Å². The van der Waals surface area contributed by atoms with Gasteiger partial charge in [-0.3, -0.25) is 4.79 Å². The fourth-order valence-corrected chi connectivity index (χ4v) is 2.00. The van der Waals surface area contributed by atoms with Crippen LogP contribution in [0.15, 0.2) is 24.3 Å². The van der Waals surface area contributed by atoms with Crippen molar-refractivity contribution in [2.24, 2.45) is 5.92 Å². The lowest BCUT2D eigenvalue weighted by Crippen LogP contribution is -2.30. The van der Waals surface area contributed by atoms with Gasteiger partial charge >= 0.3 is 0 Å². The molecule has 0 bridgehead atoms. The molecule has 0 saturated heterocycles. The minimum Gasteiger partial charge on any atom is -0.484 e. The molecule has 1 fully saturated rings. The Morgan fingerprint density at radius 2 is 2.19 bits per heavy atom. The van der Waals surface area contributed by atoms with E-state index in [-0.39, 0.29) is 12.5 Å². The number of ether oxygens (including phenoxy) is 1. The summed E-state index contributed by atoms with van der Waals surface area (Å²) in [5.41, 5.74) is 1.19. The van der Waals surface area contributed by atoms with Crippen LogP contribution in [0.5, 0.6) is 5.75 Å². The number of rotatable bonds is 9. The van der Waals surface area contributed by atoms with Gasteiger partial charge in [0, 0.05) is 19.1 Å². The van der Waals surface area contributed by atoms with E-state index < -0.39 is 0 Å².